The zero-order valence-corrected chi connectivity index (χ0v) is 49.8. The molecule has 4 amide bonds. The standard InChI is InChI=1S/C66H78N6O10S/c1-9-10-11-12-13-14-15-16-17-25-38-80-57-36-32-45(2)39-55(57)68-61(74)53-41-59(51-30-23-24-31-52(51)60(53)73)82-58-37-34-47(67-42-46-33-35-54(69-83(8,78)79)50-29-22-21-28-49(46)50)40-56(58)70(7)64(77)72-62(75)66(6,44-81-63(76)65(3,4)5)43-71(72)48-26-19-18-20-27-48/h18-24,26-37,39-41,67,69,73H,9-17,25,38,42-44H2,1-8H3,(H,68,74). The van der Waals surface area contributed by atoms with Gasteiger partial charge in [0.15, 0.2) is 5.75 Å². The molecule has 1 aliphatic heterocycles. The van der Waals surface area contributed by atoms with Gasteiger partial charge in [0.2, 0.25) is 10.0 Å². The summed E-state index contributed by atoms with van der Waals surface area (Å²) in [6.45, 7) is 11.5. The molecule has 438 valence electrons. The molecule has 8 rings (SSSR count). The second-order valence-corrected chi connectivity index (χ2v) is 24.6. The van der Waals surface area contributed by atoms with E-state index in [2.05, 4.69) is 22.3 Å². The van der Waals surface area contributed by atoms with E-state index in [9.17, 15) is 27.9 Å². The van der Waals surface area contributed by atoms with Gasteiger partial charge in [-0.25, -0.2) is 13.2 Å². The van der Waals surface area contributed by atoms with Gasteiger partial charge < -0.3 is 30.0 Å². The fraction of sp³-hybridized carbons (Fsp3) is 0.364. The van der Waals surface area contributed by atoms with Gasteiger partial charge >= 0.3 is 12.0 Å². The van der Waals surface area contributed by atoms with Crippen LogP contribution in [0.1, 0.15) is 120 Å². The summed E-state index contributed by atoms with van der Waals surface area (Å²) >= 11 is 0. The van der Waals surface area contributed by atoms with Crippen LogP contribution in [0.25, 0.3) is 21.5 Å². The molecular formula is C66H78N6O10S. The van der Waals surface area contributed by atoms with Crippen LogP contribution in [-0.4, -0.2) is 75.4 Å². The number of nitrogens with one attached hydrogen (secondary N) is 3. The first-order valence-electron chi connectivity index (χ1n) is 28.6. The topological polar surface area (TPSA) is 196 Å². The van der Waals surface area contributed by atoms with Crippen LogP contribution >= 0.6 is 0 Å². The molecule has 17 heteroatoms. The van der Waals surface area contributed by atoms with Crippen LogP contribution in [0.5, 0.6) is 23.0 Å². The summed E-state index contributed by atoms with van der Waals surface area (Å²) in [5, 5.41) is 23.3. The molecule has 0 aliphatic carbocycles. The van der Waals surface area contributed by atoms with Gasteiger partial charge in [0.25, 0.3) is 11.8 Å². The van der Waals surface area contributed by atoms with Crippen LogP contribution < -0.4 is 34.7 Å². The number of nitrogens with zero attached hydrogens (tertiary/aromatic N) is 3. The van der Waals surface area contributed by atoms with Gasteiger partial charge in [0.1, 0.15) is 29.3 Å². The second kappa shape index (κ2) is 26.7. The number of para-hydroxylation sites is 1. The van der Waals surface area contributed by atoms with Gasteiger partial charge in [-0.2, -0.15) is 5.01 Å². The highest BCUT2D eigenvalue weighted by atomic mass is 32.2. The number of imide groups is 1. The lowest BCUT2D eigenvalue weighted by Crippen LogP contribution is -2.50. The second-order valence-electron chi connectivity index (χ2n) is 22.9. The molecule has 0 bridgehead atoms. The minimum absolute atomic E-state index is 0.00409. The predicted octanol–water partition coefficient (Wildman–Crippen LogP) is 14.8. The number of hydrogen-bond acceptors (Lipinski definition) is 12. The fourth-order valence-corrected chi connectivity index (χ4v) is 10.7. The number of fused-ring (bicyclic) bond motifs is 2. The van der Waals surface area contributed by atoms with Gasteiger partial charge in [-0.3, -0.25) is 29.0 Å². The van der Waals surface area contributed by atoms with E-state index in [4.69, 9.17) is 14.2 Å². The number of aryl methyl sites for hydroxylation is 1. The van der Waals surface area contributed by atoms with Gasteiger partial charge in [-0.15, -0.1) is 0 Å². The molecule has 1 atom stereocenters. The van der Waals surface area contributed by atoms with Crippen LogP contribution in [0.3, 0.4) is 0 Å². The minimum Gasteiger partial charge on any atom is -0.506 e. The summed E-state index contributed by atoms with van der Waals surface area (Å²) in [6.07, 6.45) is 13.0. The number of sulfonamides is 1. The van der Waals surface area contributed by atoms with Gasteiger partial charge in [-0.05, 0) is 112 Å². The Balaban J connectivity index is 1.12. The zero-order chi connectivity index (χ0) is 59.5. The molecule has 0 saturated carbocycles. The number of esters is 1. The summed E-state index contributed by atoms with van der Waals surface area (Å²) in [6, 6.07) is 38.4. The van der Waals surface area contributed by atoms with E-state index in [1.54, 1.807) is 106 Å². The monoisotopic (exact) mass is 1150 g/mol. The van der Waals surface area contributed by atoms with Crippen molar-refractivity contribution < 1.29 is 46.9 Å². The Morgan fingerprint density at radius 1 is 0.723 bits per heavy atom. The number of urea groups is 1. The highest BCUT2D eigenvalue weighted by molar-refractivity contribution is 7.92. The van der Waals surface area contributed by atoms with Crippen molar-refractivity contribution in [3.8, 4) is 23.0 Å². The molecule has 7 aromatic rings. The average Bonchev–Trinajstić information content (AvgIpc) is 4.04. The lowest BCUT2D eigenvalue weighted by atomic mass is 9.91. The Bertz CT molecular complexity index is 3590. The molecule has 0 radical (unpaired) electrons. The number of hydrogen-bond donors (Lipinski definition) is 4. The number of aromatic hydroxyl groups is 1. The van der Waals surface area contributed by atoms with Crippen LogP contribution in [0.4, 0.5) is 33.2 Å². The van der Waals surface area contributed by atoms with Crippen molar-refractivity contribution in [3.05, 3.63) is 150 Å². The van der Waals surface area contributed by atoms with Crippen LogP contribution in [0.15, 0.2) is 133 Å². The molecule has 16 nitrogen and oxygen atoms in total. The van der Waals surface area contributed by atoms with Crippen LogP contribution in [-0.2, 0) is 30.9 Å². The molecule has 4 N–H and O–H groups in total. The summed E-state index contributed by atoms with van der Waals surface area (Å²) in [7, 11) is -2.05. The SMILES string of the molecule is CCCCCCCCCCCCOc1ccc(C)cc1NC(=O)c1cc(Oc2ccc(NCc3ccc(NS(C)(=O)=O)c4ccccc34)cc2N(C)C(=O)N2C(=O)C(C)(COC(=O)C(C)(C)C)CN2c2ccccc2)c2ccccc2c1O. The summed E-state index contributed by atoms with van der Waals surface area (Å²) in [4.78, 5) is 59.1. The average molecular weight is 1150 g/mol. The number of amides is 4. The normalized spacial score (nSPS) is 14.4. The Morgan fingerprint density at radius 3 is 2.02 bits per heavy atom. The number of hydrazine groups is 1. The van der Waals surface area contributed by atoms with Crippen molar-refractivity contribution >= 4 is 83.8 Å². The number of carbonyl (C=O) groups excluding carboxylic acids is 4. The number of unbranched alkanes of at least 4 members (excludes halogenated alkanes) is 9. The quantitative estimate of drug-likeness (QED) is 0.0313. The van der Waals surface area contributed by atoms with E-state index >= 15 is 4.79 Å². The number of carbonyl (C=O) groups is 4. The lowest BCUT2D eigenvalue weighted by molar-refractivity contribution is -0.157. The summed E-state index contributed by atoms with van der Waals surface area (Å²) in [5.74, 6) is -1.14. The molecule has 0 aromatic heterocycles. The minimum atomic E-state index is -3.57. The predicted molar refractivity (Wildman–Crippen MR) is 331 cm³/mol. The smallest absolute Gasteiger partial charge is 0.350 e. The number of anilines is 5. The maximum atomic E-state index is 15.4. The molecular weight excluding hydrogens is 1070 g/mol. The summed E-state index contributed by atoms with van der Waals surface area (Å²) in [5.41, 5.74) is 1.66. The number of phenols is 1. The van der Waals surface area contributed by atoms with Crippen LogP contribution in [0.2, 0.25) is 0 Å². The van der Waals surface area contributed by atoms with E-state index in [1.165, 1.54) is 63.0 Å². The molecule has 0 spiro atoms. The number of phenolic OH excluding ortho intramolecular Hbond substituents is 1. The first-order chi connectivity index (χ1) is 39.7. The molecule has 1 fully saturated rings. The number of benzene rings is 7. The molecule has 1 aliphatic rings. The maximum absolute atomic E-state index is 15.4. The molecule has 7 aromatic carbocycles. The zero-order valence-electron chi connectivity index (χ0n) is 49.0. The highest BCUT2D eigenvalue weighted by Gasteiger charge is 2.53. The van der Waals surface area contributed by atoms with Crippen molar-refractivity contribution in [2.24, 2.45) is 10.8 Å². The van der Waals surface area contributed by atoms with E-state index in [1.807, 2.05) is 61.5 Å². The molecule has 1 heterocycles. The van der Waals surface area contributed by atoms with Crippen molar-refractivity contribution in [3.63, 3.8) is 0 Å². The Morgan fingerprint density at radius 2 is 1.35 bits per heavy atom. The third-order valence-corrected chi connectivity index (χ3v) is 15.4. The van der Waals surface area contributed by atoms with Crippen molar-refractivity contribution in [1.82, 2.24) is 5.01 Å². The van der Waals surface area contributed by atoms with Crippen LogP contribution in [0, 0.1) is 17.8 Å². The Labute approximate surface area is 488 Å². The van der Waals surface area contributed by atoms with Gasteiger partial charge in [0.05, 0.1) is 53.1 Å². The maximum Gasteiger partial charge on any atom is 0.350 e. The van der Waals surface area contributed by atoms with E-state index in [0.29, 0.717) is 51.3 Å². The first kappa shape index (κ1) is 60.8. The highest BCUT2D eigenvalue weighted by Crippen LogP contribution is 2.44. The molecule has 1 unspecified atom stereocenters. The Kier molecular flexibility index (Phi) is 19.6. The van der Waals surface area contributed by atoms with E-state index < -0.39 is 44.7 Å². The fourth-order valence-electron chi connectivity index (χ4n) is 10.1. The summed E-state index contributed by atoms with van der Waals surface area (Å²) < 4.78 is 46.1. The van der Waals surface area contributed by atoms with E-state index in [-0.39, 0.29) is 48.2 Å². The van der Waals surface area contributed by atoms with E-state index in [0.717, 1.165) is 47.0 Å². The number of rotatable bonds is 25. The first-order valence-corrected chi connectivity index (χ1v) is 30.5. The van der Waals surface area contributed by atoms with Gasteiger partial charge in [0, 0.05) is 35.4 Å². The van der Waals surface area contributed by atoms with Crippen molar-refractivity contribution in [2.45, 2.75) is 112 Å². The molecule has 83 heavy (non-hydrogen) atoms. The third-order valence-electron chi connectivity index (χ3n) is 14.8. The largest absolute Gasteiger partial charge is 0.506 e. The number of ether oxygens (including phenoxy) is 3. The third kappa shape index (κ3) is 15.0. The Hall–Kier alpha value is -8.31. The molecule has 1 saturated heterocycles. The van der Waals surface area contributed by atoms with Crippen molar-refractivity contribution in [1.29, 1.82) is 0 Å². The van der Waals surface area contributed by atoms with Crippen molar-refractivity contribution in [2.75, 3.05) is 58.3 Å². The van der Waals surface area contributed by atoms with Gasteiger partial charge in [-0.1, -0.05) is 144 Å². The lowest BCUT2D eigenvalue weighted by Gasteiger charge is -2.32.